The summed E-state index contributed by atoms with van der Waals surface area (Å²) in [6.07, 6.45) is 4.07. The normalized spacial score (nSPS) is 10.8. The van der Waals surface area contributed by atoms with Gasteiger partial charge in [0.25, 0.3) is 0 Å². The maximum Gasteiger partial charge on any atom is 0.168 e. The topological polar surface area (TPSA) is 42.9 Å². The number of nitrogens with two attached hydrogens (primary N) is 1. The standard InChI is InChI=1S/C17H27NO2/c1-4-5-6-13-20-16-9-7-15(8-10-16)17(19)11-12-18-14(2)3/h7-10,14,18H,4-6,11-13H2,1-3H3/p+1. The fourth-order valence-electron chi connectivity index (χ4n) is 1.97. The van der Waals surface area contributed by atoms with Gasteiger partial charge in [-0.1, -0.05) is 19.8 Å². The fourth-order valence-corrected chi connectivity index (χ4v) is 1.97. The van der Waals surface area contributed by atoms with Gasteiger partial charge in [-0.15, -0.1) is 0 Å². The Morgan fingerprint density at radius 3 is 2.50 bits per heavy atom. The van der Waals surface area contributed by atoms with Gasteiger partial charge in [-0.3, -0.25) is 4.79 Å². The molecule has 112 valence electrons. The minimum Gasteiger partial charge on any atom is -0.494 e. The van der Waals surface area contributed by atoms with Crippen molar-refractivity contribution in [2.75, 3.05) is 13.2 Å². The molecule has 0 saturated carbocycles. The molecule has 0 aliphatic heterocycles. The molecule has 0 radical (unpaired) electrons. The van der Waals surface area contributed by atoms with E-state index in [-0.39, 0.29) is 5.78 Å². The van der Waals surface area contributed by atoms with Gasteiger partial charge in [0.15, 0.2) is 5.78 Å². The number of carbonyl (C=O) groups is 1. The van der Waals surface area contributed by atoms with Crippen molar-refractivity contribution in [3.05, 3.63) is 29.8 Å². The number of benzene rings is 1. The summed E-state index contributed by atoms with van der Waals surface area (Å²) in [5.41, 5.74) is 0.781. The van der Waals surface area contributed by atoms with Crippen LogP contribution in [0.15, 0.2) is 24.3 Å². The summed E-state index contributed by atoms with van der Waals surface area (Å²) in [6, 6.07) is 8.07. The molecule has 1 aromatic rings. The zero-order valence-corrected chi connectivity index (χ0v) is 13.0. The number of Topliss-reactive ketones (excluding diaryl/α,β-unsaturated/α-hetero) is 1. The highest BCUT2D eigenvalue weighted by Crippen LogP contribution is 2.14. The van der Waals surface area contributed by atoms with Gasteiger partial charge >= 0.3 is 0 Å². The van der Waals surface area contributed by atoms with Gasteiger partial charge in [0.05, 0.1) is 25.6 Å². The van der Waals surface area contributed by atoms with Crippen LogP contribution in [-0.2, 0) is 0 Å². The predicted molar refractivity (Wildman–Crippen MR) is 82.3 cm³/mol. The number of rotatable bonds is 10. The van der Waals surface area contributed by atoms with Crippen LogP contribution in [0.1, 0.15) is 56.8 Å². The van der Waals surface area contributed by atoms with E-state index in [1.54, 1.807) is 0 Å². The predicted octanol–water partition coefficient (Wildman–Crippen LogP) is 2.80. The monoisotopic (exact) mass is 278 g/mol. The summed E-state index contributed by atoms with van der Waals surface area (Å²) in [7, 11) is 0. The van der Waals surface area contributed by atoms with E-state index in [1.165, 1.54) is 12.8 Å². The maximum absolute atomic E-state index is 12.0. The number of unbranched alkanes of at least 4 members (excludes halogenated alkanes) is 2. The molecule has 0 aliphatic rings. The van der Waals surface area contributed by atoms with Crippen LogP contribution in [0, 0.1) is 0 Å². The Morgan fingerprint density at radius 1 is 1.20 bits per heavy atom. The number of ether oxygens (including phenoxy) is 1. The first-order valence-corrected chi connectivity index (χ1v) is 7.73. The Labute approximate surface area is 122 Å². The van der Waals surface area contributed by atoms with Crippen molar-refractivity contribution in [1.82, 2.24) is 0 Å². The quantitative estimate of drug-likeness (QED) is 0.528. The number of carbonyl (C=O) groups excluding carboxylic acids is 1. The van der Waals surface area contributed by atoms with E-state index in [2.05, 4.69) is 26.1 Å². The van der Waals surface area contributed by atoms with E-state index in [0.717, 1.165) is 30.9 Å². The van der Waals surface area contributed by atoms with Crippen molar-refractivity contribution in [1.29, 1.82) is 0 Å². The van der Waals surface area contributed by atoms with Crippen LogP contribution >= 0.6 is 0 Å². The minimum absolute atomic E-state index is 0.208. The first-order valence-electron chi connectivity index (χ1n) is 7.73. The Hall–Kier alpha value is -1.35. The molecule has 0 atom stereocenters. The lowest BCUT2D eigenvalue weighted by atomic mass is 10.1. The van der Waals surface area contributed by atoms with E-state index >= 15 is 0 Å². The van der Waals surface area contributed by atoms with E-state index in [0.29, 0.717) is 12.5 Å². The molecule has 0 aliphatic carbocycles. The zero-order valence-electron chi connectivity index (χ0n) is 13.0. The van der Waals surface area contributed by atoms with Crippen LogP contribution < -0.4 is 10.1 Å². The molecular weight excluding hydrogens is 250 g/mol. The average Bonchev–Trinajstić information content (AvgIpc) is 2.44. The number of hydrogen-bond donors (Lipinski definition) is 1. The van der Waals surface area contributed by atoms with Crippen molar-refractivity contribution in [3.8, 4) is 5.75 Å². The van der Waals surface area contributed by atoms with Crippen LogP contribution in [0.3, 0.4) is 0 Å². The first-order chi connectivity index (χ1) is 9.63. The molecule has 0 heterocycles. The molecule has 3 nitrogen and oxygen atoms in total. The van der Waals surface area contributed by atoms with E-state index in [9.17, 15) is 4.79 Å². The van der Waals surface area contributed by atoms with Crippen LogP contribution in [0.4, 0.5) is 0 Å². The van der Waals surface area contributed by atoms with Crippen molar-refractivity contribution in [3.63, 3.8) is 0 Å². The Kier molecular flexibility index (Phi) is 7.97. The summed E-state index contributed by atoms with van der Waals surface area (Å²) >= 11 is 0. The van der Waals surface area contributed by atoms with Gasteiger partial charge in [0.1, 0.15) is 5.75 Å². The highest BCUT2D eigenvalue weighted by Gasteiger charge is 2.07. The van der Waals surface area contributed by atoms with Gasteiger partial charge in [0.2, 0.25) is 0 Å². The van der Waals surface area contributed by atoms with E-state index < -0.39 is 0 Å². The Morgan fingerprint density at radius 2 is 1.90 bits per heavy atom. The highest BCUT2D eigenvalue weighted by atomic mass is 16.5. The molecule has 0 amide bonds. The second-order valence-electron chi connectivity index (χ2n) is 5.52. The number of hydrogen-bond acceptors (Lipinski definition) is 2. The molecule has 1 rings (SSSR count). The van der Waals surface area contributed by atoms with Crippen LogP contribution in [-0.4, -0.2) is 25.0 Å². The molecular formula is C17H28NO2+. The maximum atomic E-state index is 12.0. The molecule has 0 unspecified atom stereocenters. The lowest BCUT2D eigenvalue weighted by Gasteiger charge is -2.07. The number of quaternary nitrogens is 1. The molecule has 0 fully saturated rings. The van der Waals surface area contributed by atoms with Gasteiger partial charge in [-0.2, -0.15) is 0 Å². The van der Waals surface area contributed by atoms with Gasteiger partial charge in [-0.05, 0) is 44.5 Å². The largest absolute Gasteiger partial charge is 0.494 e. The van der Waals surface area contributed by atoms with Gasteiger partial charge in [0, 0.05) is 5.56 Å². The highest BCUT2D eigenvalue weighted by molar-refractivity contribution is 5.96. The van der Waals surface area contributed by atoms with Gasteiger partial charge < -0.3 is 10.1 Å². The van der Waals surface area contributed by atoms with E-state index in [4.69, 9.17) is 4.74 Å². The number of ketones is 1. The SMILES string of the molecule is CCCCCOc1ccc(C(=O)CC[NH2+]C(C)C)cc1. The third-order valence-electron chi connectivity index (χ3n) is 3.20. The summed E-state index contributed by atoms with van der Waals surface area (Å²) in [5, 5.41) is 2.18. The molecule has 2 N–H and O–H groups in total. The zero-order chi connectivity index (χ0) is 14.8. The minimum atomic E-state index is 0.208. The average molecular weight is 278 g/mol. The third kappa shape index (κ3) is 6.71. The summed E-state index contributed by atoms with van der Waals surface area (Å²) in [5.74, 6) is 1.06. The van der Waals surface area contributed by atoms with Gasteiger partial charge in [-0.25, -0.2) is 0 Å². The first kappa shape index (κ1) is 16.7. The van der Waals surface area contributed by atoms with Crippen LogP contribution in [0.25, 0.3) is 0 Å². The van der Waals surface area contributed by atoms with Crippen molar-refractivity contribution >= 4 is 5.78 Å². The van der Waals surface area contributed by atoms with Crippen LogP contribution in [0.5, 0.6) is 5.75 Å². The smallest absolute Gasteiger partial charge is 0.168 e. The second-order valence-corrected chi connectivity index (χ2v) is 5.52. The molecule has 0 bridgehead atoms. The molecule has 0 aromatic heterocycles. The summed E-state index contributed by atoms with van der Waals surface area (Å²) in [6.45, 7) is 8.05. The summed E-state index contributed by atoms with van der Waals surface area (Å²) < 4.78 is 5.64. The second kappa shape index (κ2) is 9.54. The third-order valence-corrected chi connectivity index (χ3v) is 3.20. The molecule has 1 aromatic carbocycles. The van der Waals surface area contributed by atoms with Crippen molar-refractivity contribution in [2.24, 2.45) is 0 Å². The molecule has 3 heteroatoms. The molecule has 0 saturated heterocycles. The van der Waals surface area contributed by atoms with Crippen molar-refractivity contribution in [2.45, 2.75) is 52.5 Å². The summed E-state index contributed by atoms with van der Waals surface area (Å²) in [4.78, 5) is 12.0. The Balaban J connectivity index is 2.35. The van der Waals surface area contributed by atoms with Crippen molar-refractivity contribution < 1.29 is 14.8 Å². The lowest BCUT2D eigenvalue weighted by Crippen LogP contribution is -2.88. The van der Waals surface area contributed by atoms with E-state index in [1.807, 2.05) is 24.3 Å². The lowest BCUT2D eigenvalue weighted by molar-refractivity contribution is -0.681. The molecule has 20 heavy (non-hydrogen) atoms. The van der Waals surface area contributed by atoms with Crippen LogP contribution in [0.2, 0.25) is 0 Å². The Bertz CT molecular complexity index is 384. The molecule has 0 spiro atoms. The fraction of sp³-hybridized carbons (Fsp3) is 0.588.